The van der Waals surface area contributed by atoms with Crippen molar-refractivity contribution in [3.05, 3.63) is 104 Å². The van der Waals surface area contributed by atoms with E-state index in [9.17, 15) is 32.9 Å². The first-order chi connectivity index (χ1) is 14.6. The minimum Gasteiger partial charge on any atom is -0.321 e. The van der Waals surface area contributed by atoms with E-state index in [0.717, 1.165) is 16.7 Å². The van der Waals surface area contributed by atoms with Crippen molar-refractivity contribution in [3.8, 4) is 0 Å². The number of aryl methyl sites for hydroxylation is 1. The van der Waals surface area contributed by atoms with Gasteiger partial charge in [0, 0.05) is 18.3 Å². The zero-order valence-corrected chi connectivity index (χ0v) is 16.1. The number of amides is 1. The molecule has 1 heterocycles. The van der Waals surface area contributed by atoms with Gasteiger partial charge in [0.25, 0.3) is 17.2 Å². The van der Waals surface area contributed by atoms with Crippen LogP contribution in [0.5, 0.6) is 0 Å². The Morgan fingerprint density at radius 1 is 1.13 bits per heavy atom. The third kappa shape index (κ3) is 4.97. The Morgan fingerprint density at radius 2 is 1.87 bits per heavy atom. The quantitative estimate of drug-likeness (QED) is 0.479. The Labute approximate surface area is 173 Å². The van der Waals surface area contributed by atoms with Crippen LogP contribution in [0, 0.1) is 17.0 Å². The Balaban J connectivity index is 1.88. The molecule has 3 aromatic rings. The van der Waals surface area contributed by atoms with Gasteiger partial charge in [0.15, 0.2) is 0 Å². The molecule has 10 heteroatoms. The normalized spacial score (nSPS) is 11.2. The maximum Gasteiger partial charge on any atom is 0.416 e. The summed E-state index contributed by atoms with van der Waals surface area (Å²) in [5, 5.41) is 13.4. The van der Waals surface area contributed by atoms with Crippen molar-refractivity contribution in [1.82, 2.24) is 4.57 Å². The van der Waals surface area contributed by atoms with Gasteiger partial charge in [0.1, 0.15) is 5.56 Å². The number of benzene rings is 2. The number of carbonyl (C=O) groups excluding carboxylic acids is 1. The molecule has 0 bridgehead atoms. The lowest BCUT2D eigenvalue weighted by molar-refractivity contribution is -0.384. The number of anilines is 1. The molecule has 31 heavy (non-hydrogen) atoms. The summed E-state index contributed by atoms with van der Waals surface area (Å²) in [7, 11) is 0. The number of aromatic nitrogens is 1. The van der Waals surface area contributed by atoms with E-state index >= 15 is 0 Å². The van der Waals surface area contributed by atoms with Gasteiger partial charge in [-0.3, -0.25) is 19.7 Å². The first-order valence-electron chi connectivity index (χ1n) is 8.98. The number of nitrogens with one attached hydrogen (secondary N) is 1. The van der Waals surface area contributed by atoms with Gasteiger partial charge >= 0.3 is 6.18 Å². The maximum absolute atomic E-state index is 12.9. The van der Waals surface area contributed by atoms with Crippen LogP contribution in [0.1, 0.15) is 27.0 Å². The Bertz CT molecular complexity index is 1220. The van der Waals surface area contributed by atoms with E-state index in [4.69, 9.17) is 0 Å². The Hall–Kier alpha value is -3.95. The average Bonchev–Trinajstić information content (AvgIpc) is 2.70. The van der Waals surface area contributed by atoms with Gasteiger partial charge in [-0.25, -0.2) is 0 Å². The van der Waals surface area contributed by atoms with E-state index in [1.807, 2.05) is 0 Å². The molecule has 160 valence electrons. The SMILES string of the molecule is Cc1ccc([N+](=O)[O-])cc1NC(=O)c1cccn(Cc2cccc(C(F)(F)F)c2)c1=O. The summed E-state index contributed by atoms with van der Waals surface area (Å²) in [6.45, 7) is 1.47. The molecule has 0 fully saturated rings. The molecular weight excluding hydrogens is 415 g/mol. The molecule has 0 aliphatic heterocycles. The highest BCUT2D eigenvalue weighted by molar-refractivity contribution is 6.04. The van der Waals surface area contributed by atoms with Crippen molar-refractivity contribution in [2.45, 2.75) is 19.6 Å². The average molecular weight is 431 g/mol. The highest BCUT2D eigenvalue weighted by Gasteiger charge is 2.30. The molecule has 0 saturated heterocycles. The molecule has 0 spiro atoms. The van der Waals surface area contributed by atoms with Gasteiger partial charge in [-0.2, -0.15) is 13.2 Å². The fraction of sp³-hybridized carbons (Fsp3) is 0.143. The van der Waals surface area contributed by atoms with Crippen LogP contribution in [0.25, 0.3) is 0 Å². The molecule has 1 aromatic heterocycles. The minimum atomic E-state index is -4.52. The second-order valence-corrected chi connectivity index (χ2v) is 6.76. The molecule has 0 aliphatic rings. The van der Waals surface area contributed by atoms with E-state index in [0.29, 0.717) is 5.56 Å². The van der Waals surface area contributed by atoms with Crippen molar-refractivity contribution in [2.24, 2.45) is 0 Å². The number of hydrogen-bond donors (Lipinski definition) is 1. The van der Waals surface area contributed by atoms with Crippen LogP contribution in [0.3, 0.4) is 0 Å². The predicted octanol–water partition coefficient (Wildman–Crippen LogP) is 4.38. The second-order valence-electron chi connectivity index (χ2n) is 6.76. The van der Waals surface area contributed by atoms with Crippen LogP contribution in [-0.4, -0.2) is 15.4 Å². The summed E-state index contributed by atoms with van der Waals surface area (Å²) in [6.07, 6.45) is -3.16. The van der Waals surface area contributed by atoms with Crippen molar-refractivity contribution in [1.29, 1.82) is 0 Å². The molecule has 0 unspecified atom stereocenters. The van der Waals surface area contributed by atoms with E-state index in [1.165, 1.54) is 48.7 Å². The van der Waals surface area contributed by atoms with Crippen LogP contribution < -0.4 is 10.9 Å². The number of nitro groups is 1. The van der Waals surface area contributed by atoms with E-state index in [-0.39, 0.29) is 29.0 Å². The molecular formula is C21H16F3N3O4. The first kappa shape index (κ1) is 21.8. The molecule has 1 amide bonds. The molecule has 0 radical (unpaired) electrons. The lowest BCUT2D eigenvalue weighted by Crippen LogP contribution is -2.29. The van der Waals surface area contributed by atoms with Gasteiger partial charge in [-0.15, -0.1) is 0 Å². The standard InChI is InChI=1S/C21H16F3N3O4/c1-13-7-8-16(27(30)31)11-18(13)25-19(28)17-6-3-9-26(20(17)29)12-14-4-2-5-15(10-14)21(22,23)24/h2-11H,12H2,1H3,(H,25,28). The zero-order chi connectivity index (χ0) is 22.8. The monoisotopic (exact) mass is 431 g/mol. The predicted molar refractivity (Wildman–Crippen MR) is 107 cm³/mol. The van der Waals surface area contributed by atoms with Gasteiger partial charge in [0.2, 0.25) is 0 Å². The van der Waals surface area contributed by atoms with Crippen molar-refractivity contribution >= 4 is 17.3 Å². The number of nitrogens with zero attached hydrogens (tertiary/aromatic N) is 2. The Kier molecular flexibility index (Phi) is 5.91. The molecule has 2 aromatic carbocycles. The van der Waals surface area contributed by atoms with E-state index in [1.54, 1.807) is 6.92 Å². The summed E-state index contributed by atoms with van der Waals surface area (Å²) in [5.74, 6) is -0.785. The molecule has 0 aliphatic carbocycles. The first-order valence-corrected chi connectivity index (χ1v) is 8.98. The molecule has 1 N–H and O–H groups in total. The largest absolute Gasteiger partial charge is 0.416 e. The number of carbonyl (C=O) groups is 1. The van der Waals surface area contributed by atoms with Gasteiger partial charge in [0.05, 0.1) is 22.7 Å². The number of halogens is 3. The van der Waals surface area contributed by atoms with Crippen molar-refractivity contribution in [3.63, 3.8) is 0 Å². The van der Waals surface area contributed by atoms with Crippen LogP contribution in [0.4, 0.5) is 24.5 Å². The number of nitro benzene ring substituents is 1. The number of alkyl halides is 3. The summed E-state index contributed by atoms with van der Waals surface area (Å²) in [4.78, 5) is 35.7. The maximum atomic E-state index is 12.9. The van der Waals surface area contributed by atoms with Crippen molar-refractivity contribution < 1.29 is 22.9 Å². The number of non-ortho nitro benzene ring substituents is 1. The number of rotatable bonds is 5. The molecule has 3 rings (SSSR count). The highest BCUT2D eigenvalue weighted by Crippen LogP contribution is 2.29. The smallest absolute Gasteiger partial charge is 0.321 e. The van der Waals surface area contributed by atoms with Gasteiger partial charge < -0.3 is 9.88 Å². The van der Waals surface area contributed by atoms with Gasteiger partial charge in [-0.05, 0) is 42.3 Å². The van der Waals surface area contributed by atoms with Crippen LogP contribution in [0.15, 0.2) is 65.6 Å². The summed E-state index contributed by atoms with van der Waals surface area (Å²) in [6, 6.07) is 11.2. The van der Waals surface area contributed by atoms with E-state index < -0.39 is 28.1 Å². The van der Waals surface area contributed by atoms with Crippen LogP contribution in [0.2, 0.25) is 0 Å². The molecule has 0 saturated carbocycles. The second kappa shape index (κ2) is 8.42. The fourth-order valence-corrected chi connectivity index (χ4v) is 2.92. The summed E-state index contributed by atoms with van der Waals surface area (Å²) in [5.41, 5.74) is -1.06. The molecule has 7 nitrogen and oxygen atoms in total. The fourth-order valence-electron chi connectivity index (χ4n) is 2.92. The zero-order valence-electron chi connectivity index (χ0n) is 16.1. The third-order valence-electron chi connectivity index (χ3n) is 4.55. The highest BCUT2D eigenvalue weighted by atomic mass is 19.4. The van der Waals surface area contributed by atoms with Crippen molar-refractivity contribution in [2.75, 3.05) is 5.32 Å². The third-order valence-corrected chi connectivity index (χ3v) is 4.55. The van der Waals surface area contributed by atoms with Crippen LogP contribution in [-0.2, 0) is 12.7 Å². The van der Waals surface area contributed by atoms with E-state index in [2.05, 4.69) is 5.32 Å². The van der Waals surface area contributed by atoms with Gasteiger partial charge in [-0.1, -0.05) is 18.2 Å². The van der Waals surface area contributed by atoms with Crippen LogP contribution >= 0.6 is 0 Å². The number of pyridine rings is 1. The lowest BCUT2D eigenvalue weighted by Gasteiger charge is -2.12. The Morgan fingerprint density at radius 3 is 2.55 bits per heavy atom. The summed E-state index contributed by atoms with van der Waals surface area (Å²) >= 11 is 0. The summed E-state index contributed by atoms with van der Waals surface area (Å²) < 4.78 is 39.8. The number of hydrogen-bond acceptors (Lipinski definition) is 4. The minimum absolute atomic E-state index is 0.167. The molecule has 0 atom stereocenters. The topological polar surface area (TPSA) is 94.2 Å². The lowest BCUT2D eigenvalue weighted by atomic mass is 10.1.